The van der Waals surface area contributed by atoms with Crippen LogP contribution in [0.2, 0.25) is 0 Å². The van der Waals surface area contributed by atoms with Gasteiger partial charge in [-0.25, -0.2) is 0 Å². The topological polar surface area (TPSA) is 40.6 Å². The van der Waals surface area contributed by atoms with E-state index in [9.17, 15) is 9.59 Å². The molecule has 3 rings (SSSR count). The Labute approximate surface area is 152 Å². The van der Waals surface area contributed by atoms with Crippen molar-refractivity contribution in [3.63, 3.8) is 0 Å². The van der Waals surface area contributed by atoms with Gasteiger partial charge in [0.1, 0.15) is 0 Å². The van der Waals surface area contributed by atoms with E-state index in [4.69, 9.17) is 0 Å². The molecule has 1 aliphatic carbocycles. The van der Waals surface area contributed by atoms with Gasteiger partial charge in [-0.15, -0.1) is 0 Å². The number of carbonyl (C=O) groups excluding carboxylic acids is 2. The fourth-order valence-corrected chi connectivity index (χ4v) is 4.19. The van der Waals surface area contributed by atoms with Crippen molar-refractivity contribution in [1.29, 1.82) is 0 Å². The lowest BCUT2D eigenvalue weighted by Gasteiger charge is -2.45. The zero-order valence-electron chi connectivity index (χ0n) is 14.4. The molecule has 0 atom stereocenters. The smallest absolute Gasteiger partial charge is 0.233 e. The molecule has 0 bridgehead atoms. The molecule has 130 valence electrons. The summed E-state index contributed by atoms with van der Waals surface area (Å²) in [5.74, 6) is 0.509. The number of halogens is 1. The van der Waals surface area contributed by atoms with Crippen LogP contribution in [0.3, 0.4) is 0 Å². The van der Waals surface area contributed by atoms with Gasteiger partial charge in [0.15, 0.2) is 0 Å². The third-order valence-corrected chi connectivity index (χ3v) is 6.11. The summed E-state index contributed by atoms with van der Waals surface area (Å²) >= 11 is 3.47. The zero-order chi connectivity index (χ0) is 17.3. The van der Waals surface area contributed by atoms with E-state index in [1.54, 1.807) is 19.0 Å². The van der Waals surface area contributed by atoms with E-state index < -0.39 is 0 Å². The summed E-state index contributed by atoms with van der Waals surface area (Å²) in [7, 11) is 3.60. The van der Waals surface area contributed by atoms with Crippen molar-refractivity contribution in [3.05, 3.63) is 34.3 Å². The highest BCUT2D eigenvalue weighted by molar-refractivity contribution is 9.10. The van der Waals surface area contributed by atoms with Gasteiger partial charge in [0.25, 0.3) is 0 Å². The fourth-order valence-electron chi connectivity index (χ4n) is 3.92. The van der Waals surface area contributed by atoms with Crippen molar-refractivity contribution in [1.82, 2.24) is 9.80 Å². The standard InChI is InChI=1S/C19H25BrN2O2/c1-21(2)17(23)14-8-12-22(13-9-14)18(24)19(10-3-11-19)15-4-6-16(20)7-5-15/h4-7,14H,3,8-13H2,1-2H3. The number of nitrogens with zero attached hydrogens (tertiary/aromatic N) is 2. The molecule has 1 aromatic carbocycles. The third-order valence-electron chi connectivity index (χ3n) is 5.59. The lowest BCUT2D eigenvalue weighted by molar-refractivity contribution is -0.145. The van der Waals surface area contributed by atoms with E-state index in [1.165, 1.54) is 0 Å². The van der Waals surface area contributed by atoms with E-state index in [0.717, 1.165) is 42.1 Å². The van der Waals surface area contributed by atoms with Crippen molar-refractivity contribution in [2.24, 2.45) is 5.92 Å². The van der Waals surface area contributed by atoms with Gasteiger partial charge in [-0.3, -0.25) is 9.59 Å². The van der Waals surface area contributed by atoms with Crippen LogP contribution in [0.1, 0.15) is 37.7 Å². The van der Waals surface area contributed by atoms with E-state index in [-0.39, 0.29) is 23.1 Å². The first kappa shape index (κ1) is 17.5. The second-order valence-corrected chi connectivity index (χ2v) is 8.16. The molecule has 1 aliphatic heterocycles. The van der Waals surface area contributed by atoms with Crippen LogP contribution in [0.5, 0.6) is 0 Å². The molecule has 5 heteroatoms. The zero-order valence-corrected chi connectivity index (χ0v) is 16.0. The molecule has 2 fully saturated rings. The average molecular weight is 393 g/mol. The van der Waals surface area contributed by atoms with Gasteiger partial charge in [-0.05, 0) is 43.4 Å². The molecule has 0 unspecified atom stereocenters. The molecule has 0 spiro atoms. The number of rotatable bonds is 3. The van der Waals surface area contributed by atoms with Crippen LogP contribution >= 0.6 is 15.9 Å². The molecule has 0 aromatic heterocycles. The fraction of sp³-hybridized carbons (Fsp3) is 0.579. The molecule has 1 heterocycles. The van der Waals surface area contributed by atoms with Crippen LogP contribution in [-0.2, 0) is 15.0 Å². The first-order chi connectivity index (χ1) is 11.4. The minimum absolute atomic E-state index is 0.0640. The van der Waals surface area contributed by atoms with Gasteiger partial charge in [0.2, 0.25) is 11.8 Å². The lowest BCUT2D eigenvalue weighted by Crippen LogP contribution is -2.53. The SMILES string of the molecule is CN(C)C(=O)C1CCN(C(=O)C2(c3ccc(Br)cc3)CCC2)CC1. The number of hydrogen-bond donors (Lipinski definition) is 0. The molecule has 4 nitrogen and oxygen atoms in total. The van der Waals surface area contributed by atoms with Gasteiger partial charge in [0.05, 0.1) is 5.41 Å². The van der Waals surface area contributed by atoms with Crippen LogP contribution in [0.15, 0.2) is 28.7 Å². The highest BCUT2D eigenvalue weighted by atomic mass is 79.9. The van der Waals surface area contributed by atoms with Crippen LogP contribution in [0.4, 0.5) is 0 Å². The van der Waals surface area contributed by atoms with Crippen LogP contribution < -0.4 is 0 Å². The van der Waals surface area contributed by atoms with E-state index >= 15 is 0 Å². The molecule has 1 saturated carbocycles. The Hall–Kier alpha value is -1.36. The highest BCUT2D eigenvalue weighted by Crippen LogP contribution is 2.46. The van der Waals surface area contributed by atoms with Crippen LogP contribution in [0.25, 0.3) is 0 Å². The summed E-state index contributed by atoms with van der Waals surface area (Å²) in [5.41, 5.74) is 0.799. The maximum Gasteiger partial charge on any atom is 0.233 e. The van der Waals surface area contributed by atoms with Gasteiger partial charge >= 0.3 is 0 Å². The first-order valence-corrected chi connectivity index (χ1v) is 9.50. The van der Waals surface area contributed by atoms with E-state index in [1.807, 2.05) is 17.0 Å². The number of carbonyl (C=O) groups is 2. The molecule has 1 aromatic rings. The Morgan fingerprint density at radius 2 is 1.71 bits per heavy atom. The summed E-state index contributed by atoms with van der Waals surface area (Å²) in [4.78, 5) is 29.0. The first-order valence-electron chi connectivity index (χ1n) is 8.70. The molecule has 1 saturated heterocycles. The molecule has 0 radical (unpaired) electrons. The maximum absolute atomic E-state index is 13.2. The second-order valence-electron chi connectivity index (χ2n) is 7.24. The Bertz CT molecular complexity index is 615. The highest BCUT2D eigenvalue weighted by Gasteiger charge is 2.48. The summed E-state index contributed by atoms with van der Waals surface area (Å²) in [6.07, 6.45) is 4.53. The Kier molecular flexibility index (Phi) is 5.00. The number of hydrogen-bond acceptors (Lipinski definition) is 2. The quantitative estimate of drug-likeness (QED) is 0.792. The van der Waals surface area contributed by atoms with E-state index in [2.05, 4.69) is 28.1 Å². The molecular formula is C19H25BrN2O2. The predicted molar refractivity (Wildman–Crippen MR) is 97.7 cm³/mol. The van der Waals surface area contributed by atoms with E-state index in [0.29, 0.717) is 13.1 Å². The molecular weight excluding hydrogens is 368 g/mol. The van der Waals surface area contributed by atoms with Crippen molar-refractivity contribution in [2.75, 3.05) is 27.2 Å². The predicted octanol–water partition coefficient (Wildman–Crippen LogP) is 3.20. The van der Waals surface area contributed by atoms with Gasteiger partial charge in [-0.2, -0.15) is 0 Å². The maximum atomic E-state index is 13.2. The minimum atomic E-state index is -0.334. The van der Waals surface area contributed by atoms with Gasteiger partial charge < -0.3 is 9.80 Å². The van der Waals surface area contributed by atoms with Crippen molar-refractivity contribution in [2.45, 2.75) is 37.5 Å². The number of amides is 2. The number of benzene rings is 1. The Balaban J connectivity index is 1.70. The third kappa shape index (κ3) is 3.10. The minimum Gasteiger partial charge on any atom is -0.349 e. The van der Waals surface area contributed by atoms with Gasteiger partial charge in [-0.1, -0.05) is 34.5 Å². The van der Waals surface area contributed by atoms with Crippen LogP contribution in [0, 0.1) is 5.92 Å². The van der Waals surface area contributed by atoms with Crippen molar-refractivity contribution < 1.29 is 9.59 Å². The van der Waals surface area contributed by atoms with Crippen molar-refractivity contribution >= 4 is 27.7 Å². The lowest BCUT2D eigenvalue weighted by atomic mass is 9.63. The molecule has 0 N–H and O–H groups in total. The summed E-state index contributed by atoms with van der Waals surface area (Å²) in [6, 6.07) is 8.18. The Morgan fingerprint density at radius 3 is 2.17 bits per heavy atom. The largest absolute Gasteiger partial charge is 0.349 e. The van der Waals surface area contributed by atoms with Gasteiger partial charge in [0, 0.05) is 37.6 Å². The van der Waals surface area contributed by atoms with Crippen LogP contribution in [-0.4, -0.2) is 48.8 Å². The Morgan fingerprint density at radius 1 is 1.12 bits per heavy atom. The molecule has 2 aliphatic rings. The second kappa shape index (κ2) is 6.87. The number of piperidine rings is 1. The summed E-state index contributed by atoms with van der Waals surface area (Å²) in [5, 5.41) is 0. The van der Waals surface area contributed by atoms with Crippen molar-refractivity contribution in [3.8, 4) is 0 Å². The summed E-state index contributed by atoms with van der Waals surface area (Å²) in [6.45, 7) is 1.39. The number of likely N-dealkylation sites (tertiary alicyclic amines) is 1. The molecule has 2 amide bonds. The average Bonchev–Trinajstić information content (AvgIpc) is 2.55. The monoisotopic (exact) mass is 392 g/mol. The normalized spacial score (nSPS) is 20.4. The molecule has 24 heavy (non-hydrogen) atoms. The summed E-state index contributed by atoms with van der Waals surface area (Å²) < 4.78 is 1.04.